The van der Waals surface area contributed by atoms with Crippen molar-refractivity contribution in [2.45, 2.75) is 17.7 Å². The summed E-state index contributed by atoms with van der Waals surface area (Å²) >= 11 is 7.65. The quantitative estimate of drug-likeness (QED) is 0.661. The van der Waals surface area contributed by atoms with Crippen LogP contribution in [0.25, 0.3) is 5.69 Å². The maximum absolute atomic E-state index is 9.46. The van der Waals surface area contributed by atoms with Gasteiger partial charge in [0.25, 0.3) is 0 Å². The lowest BCUT2D eigenvalue weighted by Crippen LogP contribution is -2.02. The van der Waals surface area contributed by atoms with Crippen molar-refractivity contribution in [2.24, 2.45) is 0 Å². The second-order valence-electron chi connectivity index (χ2n) is 4.85. The first-order chi connectivity index (χ1) is 11.2. The van der Waals surface area contributed by atoms with Crippen molar-refractivity contribution in [1.82, 2.24) is 14.8 Å². The molecule has 4 nitrogen and oxygen atoms in total. The first-order valence-corrected chi connectivity index (χ1v) is 8.34. The van der Waals surface area contributed by atoms with Crippen molar-refractivity contribution in [3.63, 3.8) is 0 Å². The average molecular weight is 341 g/mol. The Morgan fingerprint density at radius 1 is 1.22 bits per heavy atom. The molecule has 0 radical (unpaired) electrons. The Kier molecular flexibility index (Phi) is 4.65. The molecule has 0 aliphatic heterocycles. The third-order valence-electron chi connectivity index (χ3n) is 3.34. The number of hydrogen-bond donors (Lipinski definition) is 0. The maximum atomic E-state index is 9.46. The van der Waals surface area contributed by atoms with E-state index in [0.717, 1.165) is 22.1 Å². The van der Waals surface area contributed by atoms with Gasteiger partial charge in [-0.25, -0.2) is 9.67 Å². The van der Waals surface area contributed by atoms with E-state index in [-0.39, 0.29) is 0 Å². The van der Waals surface area contributed by atoms with Crippen molar-refractivity contribution in [3.05, 3.63) is 70.6 Å². The first-order valence-electron chi connectivity index (χ1n) is 6.98. The van der Waals surface area contributed by atoms with E-state index in [1.54, 1.807) is 12.3 Å². The normalized spacial score (nSPS) is 10.5. The lowest BCUT2D eigenvalue weighted by atomic mass is 10.2. The van der Waals surface area contributed by atoms with E-state index in [9.17, 15) is 5.26 Å². The van der Waals surface area contributed by atoms with Crippen LogP contribution in [0.3, 0.4) is 0 Å². The highest BCUT2D eigenvalue weighted by atomic mass is 35.5. The largest absolute Gasteiger partial charge is 0.248 e. The van der Waals surface area contributed by atoms with Crippen molar-refractivity contribution in [1.29, 1.82) is 5.26 Å². The summed E-state index contributed by atoms with van der Waals surface area (Å²) in [4.78, 5) is 4.28. The lowest BCUT2D eigenvalue weighted by Gasteiger charge is -2.08. The monoisotopic (exact) mass is 340 g/mol. The SMILES string of the molecule is Cc1nn(-c2ccccc2)c(CSc2ncccc2Cl)c1C#N. The van der Waals surface area contributed by atoms with Gasteiger partial charge in [-0.05, 0) is 31.2 Å². The van der Waals surface area contributed by atoms with Gasteiger partial charge in [-0.1, -0.05) is 41.6 Å². The summed E-state index contributed by atoms with van der Waals surface area (Å²) in [7, 11) is 0. The van der Waals surface area contributed by atoms with Gasteiger partial charge >= 0.3 is 0 Å². The van der Waals surface area contributed by atoms with Gasteiger partial charge in [-0.15, -0.1) is 0 Å². The molecule has 3 rings (SSSR count). The fourth-order valence-electron chi connectivity index (χ4n) is 2.25. The number of benzene rings is 1. The second-order valence-corrected chi connectivity index (χ2v) is 6.22. The van der Waals surface area contributed by atoms with Crippen LogP contribution in [0.15, 0.2) is 53.7 Å². The highest BCUT2D eigenvalue weighted by Crippen LogP contribution is 2.30. The molecule has 0 N–H and O–H groups in total. The predicted molar refractivity (Wildman–Crippen MR) is 91.8 cm³/mol. The number of rotatable bonds is 4. The minimum Gasteiger partial charge on any atom is -0.248 e. The van der Waals surface area contributed by atoms with Gasteiger partial charge in [-0.3, -0.25) is 0 Å². The van der Waals surface area contributed by atoms with Gasteiger partial charge in [0.05, 0.1) is 27.7 Å². The first kappa shape index (κ1) is 15.6. The Morgan fingerprint density at radius 3 is 2.70 bits per heavy atom. The Labute approximate surface area is 143 Å². The fraction of sp³-hybridized carbons (Fsp3) is 0.118. The number of hydrogen-bond acceptors (Lipinski definition) is 4. The molecule has 0 atom stereocenters. The molecule has 0 spiro atoms. The van der Waals surface area contributed by atoms with E-state index >= 15 is 0 Å². The molecule has 2 heterocycles. The number of halogens is 1. The van der Waals surface area contributed by atoms with Crippen LogP contribution in [-0.4, -0.2) is 14.8 Å². The van der Waals surface area contributed by atoms with Gasteiger partial charge in [0, 0.05) is 11.9 Å². The van der Waals surface area contributed by atoms with Crippen LogP contribution < -0.4 is 0 Å². The number of nitriles is 1. The summed E-state index contributed by atoms with van der Waals surface area (Å²) in [5.41, 5.74) is 3.11. The molecular formula is C17H13ClN4S. The summed E-state index contributed by atoms with van der Waals surface area (Å²) in [5, 5.41) is 15.3. The Balaban J connectivity index is 1.98. The molecule has 0 bridgehead atoms. The van der Waals surface area contributed by atoms with E-state index in [0.29, 0.717) is 16.3 Å². The van der Waals surface area contributed by atoms with E-state index in [1.807, 2.05) is 48.0 Å². The molecule has 0 aliphatic carbocycles. The predicted octanol–water partition coefficient (Wildman–Crippen LogP) is 4.39. The fourth-order valence-corrected chi connectivity index (χ4v) is 3.42. The van der Waals surface area contributed by atoms with Crippen LogP contribution in [0.1, 0.15) is 17.0 Å². The molecule has 6 heteroatoms. The molecule has 0 aliphatic rings. The second kappa shape index (κ2) is 6.86. The Bertz CT molecular complexity index is 868. The van der Waals surface area contributed by atoms with Crippen LogP contribution >= 0.6 is 23.4 Å². The van der Waals surface area contributed by atoms with Gasteiger partial charge in [0.1, 0.15) is 11.1 Å². The number of thioether (sulfide) groups is 1. The third kappa shape index (κ3) is 3.24. The van der Waals surface area contributed by atoms with Gasteiger partial charge in [0.15, 0.2) is 0 Å². The Morgan fingerprint density at radius 2 is 2.00 bits per heavy atom. The molecule has 2 aromatic heterocycles. The lowest BCUT2D eigenvalue weighted by molar-refractivity contribution is 0.828. The van der Waals surface area contributed by atoms with E-state index in [1.165, 1.54) is 11.8 Å². The zero-order valence-corrected chi connectivity index (χ0v) is 14.0. The van der Waals surface area contributed by atoms with Crippen molar-refractivity contribution >= 4 is 23.4 Å². The topological polar surface area (TPSA) is 54.5 Å². The minimum absolute atomic E-state index is 0.565. The molecule has 0 saturated carbocycles. The van der Waals surface area contributed by atoms with E-state index in [4.69, 9.17) is 11.6 Å². The Hall–Kier alpha value is -2.29. The maximum Gasteiger partial charge on any atom is 0.115 e. The molecule has 0 amide bonds. The average Bonchev–Trinajstić information content (AvgIpc) is 2.90. The molecular weight excluding hydrogens is 328 g/mol. The molecule has 114 valence electrons. The number of aryl methyl sites for hydroxylation is 1. The number of para-hydroxylation sites is 1. The standard InChI is InChI=1S/C17H13ClN4S/c1-12-14(10-19)16(11-23-17-15(18)8-5-9-20-17)22(21-12)13-6-3-2-4-7-13/h2-9H,11H2,1H3. The molecule has 0 unspecified atom stereocenters. The van der Waals surface area contributed by atoms with Gasteiger partial charge < -0.3 is 0 Å². The van der Waals surface area contributed by atoms with Crippen molar-refractivity contribution in [2.75, 3.05) is 0 Å². The highest BCUT2D eigenvalue weighted by molar-refractivity contribution is 7.98. The minimum atomic E-state index is 0.565. The third-order valence-corrected chi connectivity index (χ3v) is 4.77. The van der Waals surface area contributed by atoms with Gasteiger partial charge in [0.2, 0.25) is 0 Å². The van der Waals surface area contributed by atoms with Crippen molar-refractivity contribution in [3.8, 4) is 11.8 Å². The molecule has 3 aromatic rings. The summed E-state index contributed by atoms with van der Waals surface area (Å²) in [6.45, 7) is 1.85. The smallest absolute Gasteiger partial charge is 0.115 e. The highest BCUT2D eigenvalue weighted by Gasteiger charge is 2.17. The molecule has 0 saturated heterocycles. The summed E-state index contributed by atoms with van der Waals surface area (Å²) < 4.78 is 1.82. The number of aromatic nitrogens is 3. The van der Waals surface area contributed by atoms with Crippen LogP contribution in [0.4, 0.5) is 0 Å². The van der Waals surface area contributed by atoms with Crippen LogP contribution in [0.2, 0.25) is 5.02 Å². The number of pyridine rings is 1. The molecule has 23 heavy (non-hydrogen) atoms. The van der Waals surface area contributed by atoms with E-state index < -0.39 is 0 Å². The van der Waals surface area contributed by atoms with Crippen LogP contribution in [-0.2, 0) is 5.75 Å². The number of nitrogens with zero attached hydrogens (tertiary/aromatic N) is 4. The van der Waals surface area contributed by atoms with Crippen LogP contribution in [0.5, 0.6) is 0 Å². The molecule has 0 fully saturated rings. The zero-order valence-electron chi connectivity index (χ0n) is 12.4. The summed E-state index contributed by atoms with van der Waals surface area (Å²) in [5.74, 6) is 0.565. The zero-order chi connectivity index (χ0) is 16.2. The summed E-state index contributed by atoms with van der Waals surface area (Å²) in [6.07, 6.45) is 1.71. The van der Waals surface area contributed by atoms with Gasteiger partial charge in [-0.2, -0.15) is 10.4 Å². The van der Waals surface area contributed by atoms with E-state index in [2.05, 4.69) is 16.2 Å². The molecule has 1 aromatic carbocycles. The summed E-state index contributed by atoms with van der Waals surface area (Å²) in [6, 6.07) is 15.6. The van der Waals surface area contributed by atoms with Crippen molar-refractivity contribution < 1.29 is 0 Å². The van der Waals surface area contributed by atoms with Crippen LogP contribution in [0, 0.1) is 18.3 Å².